The second-order valence-corrected chi connectivity index (χ2v) is 8.41. The van der Waals surface area contributed by atoms with E-state index in [1.807, 2.05) is 20.8 Å². The van der Waals surface area contributed by atoms with Crippen LogP contribution in [-0.2, 0) is 24.0 Å². The van der Waals surface area contributed by atoms with Gasteiger partial charge in [0, 0.05) is 17.2 Å². The molecule has 1 aliphatic carbocycles. The minimum Gasteiger partial charge on any atom is -0.444 e. The number of rotatable bonds is 3. The summed E-state index contributed by atoms with van der Waals surface area (Å²) >= 11 is 7.55. The lowest BCUT2D eigenvalue weighted by Gasteiger charge is -2.20. The van der Waals surface area contributed by atoms with Gasteiger partial charge in [-0.1, -0.05) is 0 Å². The van der Waals surface area contributed by atoms with Crippen molar-refractivity contribution in [1.29, 1.82) is 0 Å². The van der Waals surface area contributed by atoms with Crippen LogP contribution in [0, 0.1) is 0 Å². The average Bonchev–Trinajstić information content (AvgIpc) is 2.83. The van der Waals surface area contributed by atoms with Crippen molar-refractivity contribution in [3.63, 3.8) is 0 Å². The van der Waals surface area contributed by atoms with Crippen LogP contribution in [0.5, 0.6) is 0 Å². The summed E-state index contributed by atoms with van der Waals surface area (Å²) in [4.78, 5) is 23.7. The van der Waals surface area contributed by atoms with E-state index < -0.39 is 11.7 Å². The number of alkyl halides is 1. The number of thiophene rings is 1. The van der Waals surface area contributed by atoms with E-state index in [0.717, 1.165) is 29.5 Å². The Kier molecular flexibility index (Phi) is 4.97. The van der Waals surface area contributed by atoms with Gasteiger partial charge < -0.3 is 4.74 Å². The molecule has 24 heavy (non-hydrogen) atoms. The molecule has 3 rings (SSSR count). The fraction of sp³-hybridized carbons (Fsp3) is 0.588. The van der Waals surface area contributed by atoms with Crippen LogP contribution in [-0.4, -0.2) is 27.5 Å². The monoisotopic (exact) mass is 367 g/mol. The molecule has 0 atom stereocenters. The van der Waals surface area contributed by atoms with Crippen molar-refractivity contribution in [3.8, 4) is 0 Å². The number of nitrogens with zero attached hydrogens (tertiary/aromatic N) is 2. The van der Waals surface area contributed by atoms with Gasteiger partial charge in [0.1, 0.15) is 22.1 Å². The van der Waals surface area contributed by atoms with Crippen LogP contribution >= 0.6 is 22.9 Å². The Bertz CT molecular complexity index is 767. The van der Waals surface area contributed by atoms with Crippen LogP contribution in [0.25, 0.3) is 10.2 Å². The first-order valence-electron chi connectivity index (χ1n) is 8.24. The highest BCUT2D eigenvalue weighted by Crippen LogP contribution is 2.38. The summed E-state index contributed by atoms with van der Waals surface area (Å²) in [6.07, 6.45) is 4.53. The zero-order chi connectivity index (χ0) is 17.3. The number of aryl methyl sites for hydroxylation is 3. The molecule has 0 aromatic carbocycles. The first-order chi connectivity index (χ1) is 11.4. The highest BCUT2D eigenvalue weighted by Gasteiger charge is 2.23. The van der Waals surface area contributed by atoms with Gasteiger partial charge in [0.05, 0.1) is 5.39 Å². The van der Waals surface area contributed by atoms with E-state index in [0.29, 0.717) is 23.9 Å². The predicted molar refractivity (Wildman–Crippen MR) is 98.3 cm³/mol. The summed E-state index contributed by atoms with van der Waals surface area (Å²) in [6.45, 7) is 5.52. The third-order valence-corrected chi connectivity index (χ3v) is 5.17. The summed E-state index contributed by atoms with van der Waals surface area (Å²) in [5.41, 5.74) is 0.730. The standard InChI is InChI=1S/C17H22ClN3O2S/c1-17(2,3)23-16(22)21-14-13-10-6-4-5-7-11(10)24-15(13)20-12(19-14)8-9-18/h4-9H2,1-3H3,(H,19,20,21,22). The minimum absolute atomic E-state index is 0.447. The number of hydrogen-bond acceptors (Lipinski definition) is 5. The van der Waals surface area contributed by atoms with E-state index in [1.165, 1.54) is 16.9 Å². The van der Waals surface area contributed by atoms with Crippen molar-refractivity contribution >= 4 is 45.1 Å². The van der Waals surface area contributed by atoms with Crippen molar-refractivity contribution in [3.05, 3.63) is 16.3 Å². The van der Waals surface area contributed by atoms with Crippen molar-refractivity contribution in [2.45, 2.75) is 58.5 Å². The molecular weight excluding hydrogens is 346 g/mol. The van der Waals surface area contributed by atoms with Crippen LogP contribution in [0.4, 0.5) is 10.6 Å². The Morgan fingerprint density at radius 2 is 2.04 bits per heavy atom. The molecule has 130 valence electrons. The topological polar surface area (TPSA) is 64.1 Å². The lowest BCUT2D eigenvalue weighted by molar-refractivity contribution is 0.0635. The SMILES string of the molecule is CC(C)(C)OC(=O)Nc1nc(CCCl)nc2sc3c(c12)CCCC3. The molecule has 1 aliphatic rings. The Labute approximate surface area is 150 Å². The molecule has 0 fully saturated rings. The Balaban J connectivity index is 2.03. The number of ether oxygens (including phenoxy) is 1. The van der Waals surface area contributed by atoms with Gasteiger partial charge in [0.15, 0.2) is 0 Å². The van der Waals surface area contributed by atoms with Crippen molar-refractivity contribution in [1.82, 2.24) is 9.97 Å². The van der Waals surface area contributed by atoms with Gasteiger partial charge in [-0.3, -0.25) is 5.32 Å². The van der Waals surface area contributed by atoms with E-state index in [9.17, 15) is 4.79 Å². The van der Waals surface area contributed by atoms with Gasteiger partial charge in [-0.25, -0.2) is 14.8 Å². The lowest BCUT2D eigenvalue weighted by atomic mass is 9.97. The number of carbonyl (C=O) groups is 1. The first kappa shape index (κ1) is 17.4. The maximum absolute atomic E-state index is 12.2. The molecule has 2 heterocycles. The molecular formula is C17H22ClN3O2S. The molecule has 1 N–H and O–H groups in total. The molecule has 7 heteroatoms. The Morgan fingerprint density at radius 3 is 2.75 bits per heavy atom. The predicted octanol–water partition coefficient (Wildman–Crippen LogP) is 4.70. The molecule has 1 amide bonds. The van der Waals surface area contributed by atoms with Gasteiger partial charge in [-0.05, 0) is 52.0 Å². The van der Waals surface area contributed by atoms with Gasteiger partial charge >= 0.3 is 6.09 Å². The van der Waals surface area contributed by atoms with Gasteiger partial charge in [0.2, 0.25) is 0 Å². The number of carbonyl (C=O) groups excluding carboxylic acids is 1. The number of anilines is 1. The molecule has 0 radical (unpaired) electrons. The molecule has 0 saturated carbocycles. The third kappa shape index (κ3) is 3.81. The Morgan fingerprint density at radius 1 is 1.29 bits per heavy atom. The summed E-state index contributed by atoms with van der Waals surface area (Å²) < 4.78 is 5.38. The van der Waals surface area contributed by atoms with Gasteiger partial charge in [-0.2, -0.15) is 0 Å². The fourth-order valence-electron chi connectivity index (χ4n) is 2.89. The van der Waals surface area contributed by atoms with Gasteiger partial charge in [-0.15, -0.1) is 22.9 Å². The molecule has 0 bridgehead atoms. The third-order valence-electron chi connectivity index (χ3n) is 3.80. The molecule has 0 spiro atoms. The van der Waals surface area contributed by atoms with Crippen LogP contribution in [0.1, 0.15) is 49.9 Å². The van der Waals surface area contributed by atoms with E-state index in [4.69, 9.17) is 16.3 Å². The second-order valence-electron chi connectivity index (χ2n) is 6.95. The molecule has 0 unspecified atom stereocenters. The molecule has 2 aromatic rings. The summed E-state index contributed by atoms with van der Waals surface area (Å²) in [5.74, 6) is 1.65. The van der Waals surface area contributed by atoms with Gasteiger partial charge in [0.25, 0.3) is 0 Å². The highest BCUT2D eigenvalue weighted by molar-refractivity contribution is 7.19. The number of nitrogens with one attached hydrogen (secondary N) is 1. The number of halogens is 1. The quantitative estimate of drug-likeness (QED) is 0.798. The summed E-state index contributed by atoms with van der Waals surface area (Å²) in [7, 11) is 0. The summed E-state index contributed by atoms with van der Waals surface area (Å²) in [6, 6.07) is 0. The van der Waals surface area contributed by atoms with E-state index in [1.54, 1.807) is 11.3 Å². The van der Waals surface area contributed by atoms with Crippen molar-refractivity contribution < 1.29 is 9.53 Å². The van der Waals surface area contributed by atoms with Crippen LogP contribution < -0.4 is 5.32 Å². The number of aromatic nitrogens is 2. The van der Waals surface area contributed by atoms with E-state index >= 15 is 0 Å². The smallest absolute Gasteiger partial charge is 0.413 e. The van der Waals surface area contributed by atoms with Crippen LogP contribution in [0.2, 0.25) is 0 Å². The van der Waals surface area contributed by atoms with Crippen LogP contribution in [0.3, 0.4) is 0 Å². The fourth-order valence-corrected chi connectivity index (χ4v) is 4.34. The maximum atomic E-state index is 12.2. The molecule has 5 nitrogen and oxygen atoms in total. The number of hydrogen-bond donors (Lipinski definition) is 1. The first-order valence-corrected chi connectivity index (χ1v) is 9.59. The largest absolute Gasteiger partial charge is 0.444 e. The number of amides is 1. The van der Waals surface area contributed by atoms with Crippen LogP contribution in [0.15, 0.2) is 0 Å². The maximum Gasteiger partial charge on any atom is 0.413 e. The normalized spacial score (nSPS) is 14.5. The zero-order valence-electron chi connectivity index (χ0n) is 14.2. The molecule has 0 saturated heterocycles. The minimum atomic E-state index is -0.552. The Hall–Kier alpha value is -1.40. The number of fused-ring (bicyclic) bond motifs is 3. The van der Waals surface area contributed by atoms with E-state index in [2.05, 4.69) is 15.3 Å². The molecule has 0 aliphatic heterocycles. The highest BCUT2D eigenvalue weighted by atomic mass is 35.5. The summed E-state index contributed by atoms with van der Waals surface area (Å²) in [5, 5.41) is 3.80. The van der Waals surface area contributed by atoms with Crippen molar-refractivity contribution in [2.24, 2.45) is 0 Å². The van der Waals surface area contributed by atoms with Crippen molar-refractivity contribution in [2.75, 3.05) is 11.2 Å². The second kappa shape index (κ2) is 6.84. The molecule has 2 aromatic heterocycles. The zero-order valence-corrected chi connectivity index (χ0v) is 15.8. The average molecular weight is 368 g/mol. The lowest BCUT2D eigenvalue weighted by Crippen LogP contribution is -2.27. The van der Waals surface area contributed by atoms with E-state index in [-0.39, 0.29) is 0 Å².